The molecule has 0 spiro atoms. The van der Waals surface area contributed by atoms with Crippen LogP contribution < -0.4 is 10.6 Å². The molecule has 4 atom stereocenters. The van der Waals surface area contributed by atoms with E-state index in [4.69, 9.17) is 16.3 Å². The number of halogens is 1. The van der Waals surface area contributed by atoms with Crippen molar-refractivity contribution in [3.05, 3.63) is 59.9 Å². The number of nitrogens with zero attached hydrogens (tertiary/aromatic N) is 6. The molecular formula is C22H21ClN8O4. The first-order valence-corrected chi connectivity index (χ1v) is 11.1. The third kappa shape index (κ3) is 4.39. The molecule has 12 nitrogen and oxygen atoms in total. The molecule has 0 bridgehead atoms. The number of aromatic nitrogens is 6. The quantitative estimate of drug-likeness (QED) is 0.302. The molecule has 13 heteroatoms. The molecule has 4 aromatic rings. The van der Waals surface area contributed by atoms with Crippen molar-refractivity contribution in [3.63, 3.8) is 0 Å². The fraction of sp³-hybridized carbons (Fsp3) is 0.273. The number of anilines is 1. The molecule has 1 aliphatic rings. The number of nitrogens with one attached hydrogen (secondary N) is 2. The van der Waals surface area contributed by atoms with Gasteiger partial charge >= 0.3 is 0 Å². The van der Waals surface area contributed by atoms with E-state index in [9.17, 15) is 15.0 Å². The summed E-state index contributed by atoms with van der Waals surface area (Å²) in [6.45, 7) is 0.312. The number of imidazole rings is 1. The zero-order valence-electron chi connectivity index (χ0n) is 18.4. The van der Waals surface area contributed by atoms with Gasteiger partial charge in [0.2, 0.25) is 0 Å². The number of rotatable bonds is 6. The maximum Gasteiger partial charge on any atom is 0.251 e. The number of hydrogen-bond acceptors (Lipinski definition) is 10. The van der Waals surface area contributed by atoms with Crippen LogP contribution >= 0.6 is 11.6 Å². The minimum atomic E-state index is -1.43. The number of aliphatic hydroxyl groups is 2. The highest BCUT2D eigenvalue weighted by Crippen LogP contribution is 2.33. The first-order valence-electron chi connectivity index (χ1n) is 10.7. The number of hydrogen-bond donors (Lipinski definition) is 4. The minimum Gasteiger partial charge on any atom is -0.387 e. The monoisotopic (exact) mass is 496 g/mol. The number of likely N-dealkylation sites (N-methyl/N-ethyl adjacent to an activating group) is 1. The van der Waals surface area contributed by atoms with Crippen LogP contribution in [0.2, 0.25) is 5.02 Å². The lowest BCUT2D eigenvalue weighted by atomic mass is 10.1. The second kappa shape index (κ2) is 9.50. The molecule has 4 aromatic heterocycles. The van der Waals surface area contributed by atoms with Crippen molar-refractivity contribution in [3.8, 4) is 11.4 Å². The standard InChI is InChI=1S/C22H21ClN8O4/c1-24-21(34)17-15(32)16(33)22(35-17)31-10-28-14-19(27-9-13-7-12(23)4-6-26-13)29-18(30-20(14)31)11-3-2-5-25-8-11/h2-8,10,15-17,22,32-33H,9H2,1H3,(H,24,34)(H,27,29,30)/t15?,16?,17-,22?/m1/s1. The number of ether oxygens (including phenoxy) is 1. The van der Waals surface area contributed by atoms with Crippen molar-refractivity contribution in [2.75, 3.05) is 12.4 Å². The Morgan fingerprint density at radius 2 is 2.06 bits per heavy atom. The van der Waals surface area contributed by atoms with Crippen LogP contribution in [0.1, 0.15) is 11.9 Å². The van der Waals surface area contributed by atoms with Crippen molar-refractivity contribution in [2.45, 2.75) is 31.1 Å². The van der Waals surface area contributed by atoms with Gasteiger partial charge in [0.25, 0.3) is 5.91 Å². The zero-order valence-corrected chi connectivity index (χ0v) is 19.2. The van der Waals surface area contributed by atoms with Crippen LogP contribution in [0, 0.1) is 0 Å². The van der Waals surface area contributed by atoms with E-state index in [1.165, 1.54) is 17.9 Å². The van der Waals surface area contributed by atoms with Gasteiger partial charge in [-0.1, -0.05) is 11.6 Å². The van der Waals surface area contributed by atoms with E-state index in [2.05, 4.69) is 35.6 Å². The summed E-state index contributed by atoms with van der Waals surface area (Å²) in [6, 6.07) is 6.99. The lowest BCUT2D eigenvalue weighted by Gasteiger charge is -2.17. The fourth-order valence-corrected chi connectivity index (χ4v) is 4.00. The van der Waals surface area contributed by atoms with E-state index in [1.54, 1.807) is 36.8 Å². The SMILES string of the molecule is CNC(=O)[C@@H]1OC(n2cnc3c(NCc4cc(Cl)ccn4)nc(-c4cccnc4)nc32)C(O)C1O. The van der Waals surface area contributed by atoms with Crippen molar-refractivity contribution in [2.24, 2.45) is 0 Å². The minimum absolute atomic E-state index is 0.312. The van der Waals surface area contributed by atoms with Crippen LogP contribution in [0.15, 0.2) is 49.2 Å². The summed E-state index contributed by atoms with van der Waals surface area (Å²) in [4.78, 5) is 34.2. The van der Waals surface area contributed by atoms with Crippen LogP contribution in [0.25, 0.3) is 22.6 Å². The maximum absolute atomic E-state index is 12.1. The molecule has 180 valence electrons. The average molecular weight is 497 g/mol. The molecule has 3 unspecified atom stereocenters. The topological polar surface area (TPSA) is 160 Å². The van der Waals surface area contributed by atoms with Crippen LogP contribution in [-0.4, -0.2) is 71.0 Å². The Morgan fingerprint density at radius 1 is 1.20 bits per heavy atom. The van der Waals surface area contributed by atoms with Crippen molar-refractivity contribution in [1.82, 2.24) is 34.8 Å². The zero-order chi connectivity index (χ0) is 24.5. The van der Waals surface area contributed by atoms with Gasteiger partial charge in [-0.2, -0.15) is 0 Å². The lowest BCUT2D eigenvalue weighted by Crippen LogP contribution is -2.41. The number of pyridine rings is 2. The Morgan fingerprint density at radius 3 is 2.80 bits per heavy atom. The maximum atomic E-state index is 12.1. The van der Waals surface area contributed by atoms with Crippen LogP contribution in [0.3, 0.4) is 0 Å². The summed E-state index contributed by atoms with van der Waals surface area (Å²) >= 11 is 6.07. The van der Waals surface area contributed by atoms with Crippen molar-refractivity contribution >= 4 is 34.5 Å². The molecular weight excluding hydrogens is 476 g/mol. The average Bonchev–Trinajstić information content (AvgIpc) is 3.43. The number of amides is 1. The summed E-state index contributed by atoms with van der Waals surface area (Å²) in [5, 5.41) is 27.2. The normalized spacial score (nSPS) is 21.8. The molecule has 5 rings (SSSR count). The first-order chi connectivity index (χ1) is 17.0. The molecule has 1 amide bonds. The van der Waals surface area contributed by atoms with E-state index < -0.39 is 30.4 Å². The van der Waals surface area contributed by atoms with Gasteiger partial charge in [0.15, 0.2) is 35.1 Å². The van der Waals surface area contributed by atoms with Crippen molar-refractivity contribution < 1.29 is 19.7 Å². The molecule has 4 N–H and O–H groups in total. The summed E-state index contributed by atoms with van der Waals surface area (Å²) in [7, 11) is 1.42. The molecule has 0 aliphatic carbocycles. The van der Waals surface area contributed by atoms with E-state index in [0.717, 1.165) is 0 Å². The van der Waals surface area contributed by atoms with E-state index >= 15 is 0 Å². The Bertz CT molecular complexity index is 1370. The van der Waals surface area contributed by atoms with Gasteiger partial charge in [-0.15, -0.1) is 0 Å². The summed E-state index contributed by atoms with van der Waals surface area (Å²) in [6.07, 6.45) is 1.12. The highest BCUT2D eigenvalue weighted by Gasteiger charge is 2.47. The summed E-state index contributed by atoms with van der Waals surface area (Å²) < 4.78 is 7.18. The Balaban J connectivity index is 1.57. The fourth-order valence-electron chi connectivity index (χ4n) is 3.82. The molecule has 1 aliphatic heterocycles. The van der Waals surface area contributed by atoms with Gasteiger partial charge in [0.1, 0.15) is 12.2 Å². The van der Waals surface area contributed by atoms with E-state index in [1.807, 2.05) is 6.07 Å². The van der Waals surface area contributed by atoms with Crippen LogP contribution in [-0.2, 0) is 16.1 Å². The predicted octanol–water partition coefficient (Wildman–Crippen LogP) is 0.914. The second-order valence-electron chi connectivity index (χ2n) is 7.82. The number of carbonyl (C=O) groups is 1. The third-order valence-electron chi connectivity index (χ3n) is 5.57. The molecule has 35 heavy (non-hydrogen) atoms. The largest absolute Gasteiger partial charge is 0.387 e. The highest BCUT2D eigenvalue weighted by molar-refractivity contribution is 6.30. The van der Waals surface area contributed by atoms with Gasteiger partial charge < -0.3 is 25.6 Å². The molecule has 0 saturated carbocycles. The van der Waals surface area contributed by atoms with Gasteiger partial charge in [0, 0.05) is 36.2 Å². The smallest absolute Gasteiger partial charge is 0.251 e. The van der Waals surface area contributed by atoms with Crippen LogP contribution in [0.5, 0.6) is 0 Å². The Hall–Kier alpha value is -3.71. The Labute approximate surface area is 204 Å². The number of aliphatic hydroxyl groups excluding tert-OH is 2. The number of fused-ring (bicyclic) bond motifs is 1. The third-order valence-corrected chi connectivity index (χ3v) is 5.81. The lowest BCUT2D eigenvalue weighted by molar-refractivity contribution is -0.137. The van der Waals surface area contributed by atoms with Crippen LogP contribution in [0.4, 0.5) is 5.82 Å². The highest BCUT2D eigenvalue weighted by atomic mass is 35.5. The van der Waals surface area contributed by atoms with Gasteiger partial charge in [-0.3, -0.25) is 19.3 Å². The molecule has 0 aromatic carbocycles. The van der Waals surface area contributed by atoms with Gasteiger partial charge in [0.05, 0.1) is 18.6 Å². The first kappa shape index (κ1) is 23.1. The molecule has 0 radical (unpaired) electrons. The van der Waals surface area contributed by atoms with E-state index in [0.29, 0.717) is 45.6 Å². The molecule has 1 saturated heterocycles. The van der Waals surface area contributed by atoms with E-state index in [-0.39, 0.29) is 0 Å². The molecule has 5 heterocycles. The predicted molar refractivity (Wildman–Crippen MR) is 125 cm³/mol. The van der Waals surface area contributed by atoms with Crippen molar-refractivity contribution in [1.29, 1.82) is 0 Å². The summed E-state index contributed by atoms with van der Waals surface area (Å²) in [5.74, 6) is 0.209. The molecule has 1 fully saturated rings. The van der Waals surface area contributed by atoms with Gasteiger partial charge in [-0.05, 0) is 24.3 Å². The summed E-state index contributed by atoms with van der Waals surface area (Å²) in [5.41, 5.74) is 2.07. The Kier molecular flexibility index (Phi) is 6.26. The second-order valence-corrected chi connectivity index (χ2v) is 8.26. The van der Waals surface area contributed by atoms with Gasteiger partial charge in [-0.25, -0.2) is 15.0 Å². The number of carbonyl (C=O) groups excluding carboxylic acids is 1.